The molecule has 0 N–H and O–H groups in total. The minimum absolute atomic E-state index is 0.132. The summed E-state index contributed by atoms with van der Waals surface area (Å²) in [5.41, 5.74) is 0. The van der Waals surface area contributed by atoms with Crippen LogP contribution in [0.15, 0.2) is 0 Å². The van der Waals surface area contributed by atoms with Gasteiger partial charge in [-0.1, -0.05) is 194 Å². The van der Waals surface area contributed by atoms with Gasteiger partial charge in [-0.05, 0) is 0 Å². The van der Waals surface area contributed by atoms with Crippen molar-refractivity contribution in [2.24, 2.45) is 0 Å². The Morgan fingerprint density at radius 1 is 0.276 bits per heavy atom. The molecule has 0 amide bonds. The van der Waals surface area contributed by atoms with E-state index in [0.29, 0.717) is 67.2 Å². The third kappa shape index (κ3) is 57.0. The minimum Gasteiger partial charge on any atom is -0.0654 e. The zero-order valence-electron chi connectivity index (χ0n) is 50.6. The zero-order chi connectivity index (χ0) is 55.4. The normalized spacial score (nSPS) is 11.6. The van der Waals surface area contributed by atoms with Crippen LogP contribution in [0.2, 0.25) is 4.44 Å². The number of esters is 4. The molecular weight excluding hydrogens is 1110 g/mol. The Bertz CT molecular complexity index is 1130. The molecule has 450 valence electrons. The van der Waals surface area contributed by atoms with Gasteiger partial charge in [0.25, 0.3) is 0 Å². The van der Waals surface area contributed by atoms with Crippen LogP contribution in [0.3, 0.4) is 0 Å². The molecule has 0 unspecified atom stereocenters. The van der Waals surface area contributed by atoms with Crippen LogP contribution in [0.5, 0.6) is 0 Å². The number of rotatable bonds is 63. The Hall–Kier alpha value is -0.271. The third-order valence-corrected chi connectivity index (χ3v) is 54.6. The van der Waals surface area contributed by atoms with Crippen molar-refractivity contribution in [3.8, 4) is 0 Å². The third-order valence-electron chi connectivity index (χ3n) is 14.8. The van der Waals surface area contributed by atoms with Crippen molar-refractivity contribution < 1.29 is 38.1 Å². The van der Waals surface area contributed by atoms with E-state index in [9.17, 15) is 19.2 Å². The average molecular weight is 1240 g/mol. The van der Waals surface area contributed by atoms with E-state index in [0.717, 1.165) is 38.5 Å². The van der Waals surface area contributed by atoms with Gasteiger partial charge in [0, 0.05) is 0 Å². The molecule has 0 atom stereocenters. The van der Waals surface area contributed by atoms with E-state index in [1.807, 2.05) is 26.8 Å². The first kappa shape index (κ1) is 75.7. The van der Waals surface area contributed by atoms with Gasteiger partial charge in [-0.15, -0.1) is 0 Å². The van der Waals surface area contributed by atoms with Crippen LogP contribution < -0.4 is 0 Å². The Balaban J connectivity index is 4.82. The number of carbonyl (C=O) groups excluding carboxylic acids is 4. The molecular formula is C64H124O8S3Sn. The van der Waals surface area contributed by atoms with Crippen LogP contribution in [-0.2, 0) is 38.1 Å². The first-order valence-electron chi connectivity index (χ1n) is 32.8. The summed E-state index contributed by atoms with van der Waals surface area (Å²) in [6.07, 6.45) is 59.9. The standard InChI is InChI=1S/3C20H40O2S.C4H7O2.Sn/c3*1-2-3-4-5-6-7-8-9-10-11-12-13-14-15-16-17-20(21)22-18-19-23;1-3-4(5)6-2;/h3*23H,2-19H2,1H3;1,3H2,2H3;/q;;;;+3/p-3. The molecule has 0 saturated heterocycles. The summed E-state index contributed by atoms with van der Waals surface area (Å²) in [5.74, 6) is 1.33. The van der Waals surface area contributed by atoms with Crippen molar-refractivity contribution >= 4 is 64.9 Å². The molecule has 0 fully saturated rings. The van der Waals surface area contributed by atoms with E-state index < -0.39 is 14.2 Å². The molecule has 12 heteroatoms. The Labute approximate surface area is 483 Å². The summed E-state index contributed by atoms with van der Waals surface area (Å²) in [6, 6.07) is 0. The van der Waals surface area contributed by atoms with Gasteiger partial charge < -0.3 is 0 Å². The number of methoxy groups -OCH3 is 1. The van der Waals surface area contributed by atoms with Crippen LogP contribution in [0.25, 0.3) is 0 Å². The van der Waals surface area contributed by atoms with Gasteiger partial charge >= 0.3 is 293 Å². The van der Waals surface area contributed by atoms with E-state index in [1.165, 1.54) is 258 Å². The molecule has 8 nitrogen and oxygen atoms in total. The van der Waals surface area contributed by atoms with Crippen LogP contribution in [0.4, 0.5) is 0 Å². The molecule has 0 saturated carbocycles. The van der Waals surface area contributed by atoms with Crippen LogP contribution >= 0.6 is 26.8 Å². The number of carbonyl (C=O) groups is 4. The van der Waals surface area contributed by atoms with Gasteiger partial charge in [0.1, 0.15) is 0 Å². The zero-order valence-corrected chi connectivity index (χ0v) is 55.9. The molecule has 0 radical (unpaired) electrons. The maximum atomic E-state index is 12.8. The number of unbranched alkanes of at least 4 members (excludes halogenated alkanes) is 42. The second-order valence-electron chi connectivity index (χ2n) is 22.1. The molecule has 0 aromatic rings. The molecule has 0 bridgehead atoms. The molecule has 0 aromatic heterocycles. The molecule has 0 aromatic carbocycles. The number of ether oxygens (including phenoxy) is 4. The van der Waals surface area contributed by atoms with Crippen molar-refractivity contribution in [2.45, 2.75) is 340 Å². The average Bonchev–Trinajstić information content (AvgIpc) is 3.42. The van der Waals surface area contributed by atoms with Crippen LogP contribution in [-0.4, -0.2) is 82.3 Å². The molecule has 0 spiro atoms. The summed E-state index contributed by atoms with van der Waals surface area (Å²) < 4.78 is 23.1. The van der Waals surface area contributed by atoms with Crippen molar-refractivity contribution in [1.82, 2.24) is 0 Å². The number of hydrogen-bond acceptors (Lipinski definition) is 11. The van der Waals surface area contributed by atoms with Crippen molar-refractivity contribution in [3.05, 3.63) is 0 Å². The van der Waals surface area contributed by atoms with Gasteiger partial charge in [-0.2, -0.15) is 0 Å². The van der Waals surface area contributed by atoms with E-state index in [-0.39, 0.29) is 23.9 Å². The van der Waals surface area contributed by atoms with E-state index in [1.54, 1.807) is 0 Å². The summed E-state index contributed by atoms with van der Waals surface area (Å²) in [6.45, 7) is 7.84. The van der Waals surface area contributed by atoms with Gasteiger partial charge in [-0.25, -0.2) is 0 Å². The Kier molecular flexibility index (Phi) is 62.1. The topological polar surface area (TPSA) is 105 Å². The first-order chi connectivity index (χ1) is 37.3. The second-order valence-corrected chi connectivity index (χ2v) is 56.1. The molecule has 0 aliphatic heterocycles. The van der Waals surface area contributed by atoms with E-state index in [2.05, 4.69) is 20.8 Å². The summed E-state index contributed by atoms with van der Waals surface area (Å²) in [5, 5.41) is 0. The molecule has 76 heavy (non-hydrogen) atoms. The Morgan fingerprint density at radius 3 is 0.671 bits per heavy atom. The molecule has 0 rings (SSSR count). The summed E-state index contributed by atoms with van der Waals surface area (Å²) in [7, 11) is 7.03. The second kappa shape index (κ2) is 62.3. The fourth-order valence-corrected chi connectivity index (χ4v) is 46.6. The van der Waals surface area contributed by atoms with Crippen LogP contribution in [0.1, 0.15) is 335 Å². The van der Waals surface area contributed by atoms with Crippen molar-refractivity contribution in [3.63, 3.8) is 0 Å². The predicted octanol–water partition coefficient (Wildman–Crippen LogP) is 21.1. The molecule has 0 aliphatic carbocycles. The van der Waals surface area contributed by atoms with Gasteiger partial charge in [-0.3, -0.25) is 0 Å². The predicted molar refractivity (Wildman–Crippen MR) is 336 cm³/mol. The monoisotopic (exact) mass is 1240 g/mol. The van der Waals surface area contributed by atoms with Crippen molar-refractivity contribution in [1.29, 1.82) is 0 Å². The minimum atomic E-state index is -3.37. The van der Waals surface area contributed by atoms with Crippen molar-refractivity contribution in [2.75, 3.05) is 44.2 Å². The first-order valence-corrected chi connectivity index (χ1v) is 48.2. The smallest absolute Gasteiger partial charge is 0.0654 e. The quantitative estimate of drug-likeness (QED) is 0.0252. The SMILES string of the molecule is CCCCCCCCCCCCCCCCCC(=O)OCC[S][Sn]([CH2]CC(=O)OC)([S]CCOC(=O)CCCCCCCCCCCCCCCCC)[S]CCOC(=O)CCCCCCCCCCCCCCCCC. The number of hydrogen-bond donors (Lipinski definition) is 0. The summed E-state index contributed by atoms with van der Waals surface area (Å²) in [4.78, 5) is 50.8. The Morgan fingerprint density at radius 2 is 0.474 bits per heavy atom. The summed E-state index contributed by atoms with van der Waals surface area (Å²) >= 11 is -3.37. The fraction of sp³-hybridized carbons (Fsp3) is 0.938. The van der Waals surface area contributed by atoms with E-state index >= 15 is 0 Å². The van der Waals surface area contributed by atoms with Crippen LogP contribution in [0, 0.1) is 0 Å². The maximum absolute atomic E-state index is 12.8. The molecule has 0 heterocycles. The fourth-order valence-electron chi connectivity index (χ4n) is 9.90. The van der Waals surface area contributed by atoms with Gasteiger partial charge in [0.05, 0.1) is 0 Å². The van der Waals surface area contributed by atoms with Gasteiger partial charge in [0.2, 0.25) is 0 Å². The van der Waals surface area contributed by atoms with Gasteiger partial charge in [0.15, 0.2) is 0 Å². The molecule has 0 aliphatic rings. The van der Waals surface area contributed by atoms with E-state index in [4.69, 9.17) is 18.9 Å².